The summed E-state index contributed by atoms with van der Waals surface area (Å²) in [6, 6.07) is 19.9. The number of fused-ring (bicyclic) bond motifs is 1. The van der Waals surface area contributed by atoms with E-state index in [4.69, 9.17) is 4.74 Å². The molecule has 4 rings (SSSR count). The van der Waals surface area contributed by atoms with Crippen LogP contribution in [0.4, 0.5) is 11.5 Å². The minimum atomic E-state index is -0.488. The number of para-hydroxylation sites is 1. The minimum Gasteiger partial charge on any atom is -0.497 e. The van der Waals surface area contributed by atoms with Gasteiger partial charge in [0.15, 0.2) is 0 Å². The van der Waals surface area contributed by atoms with E-state index in [1.807, 2.05) is 36.4 Å². The van der Waals surface area contributed by atoms with Crippen molar-refractivity contribution >= 4 is 23.3 Å². The molecule has 0 fully saturated rings. The summed E-state index contributed by atoms with van der Waals surface area (Å²) in [7, 11) is 1.60. The summed E-state index contributed by atoms with van der Waals surface area (Å²) in [6.45, 7) is -0.118. The first-order valence-corrected chi connectivity index (χ1v) is 9.17. The first-order chi connectivity index (χ1) is 14.2. The summed E-state index contributed by atoms with van der Waals surface area (Å²) >= 11 is 0. The van der Waals surface area contributed by atoms with Crippen LogP contribution in [0.3, 0.4) is 0 Å². The van der Waals surface area contributed by atoms with Gasteiger partial charge >= 0.3 is 0 Å². The average Bonchev–Trinajstić information content (AvgIpc) is 2.76. The molecule has 2 aromatic carbocycles. The minimum absolute atomic E-state index is 0.118. The SMILES string of the molecule is COc1ccc(C2Nc3ccccc3C(=O)N2CC(=O)Nc2ccccn2)cc1. The van der Waals surface area contributed by atoms with Crippen LogP contribution in [0.1, 0.15) is 22.1 Å². The predicted molar refractivity (Wildman–Crippen MR) is 110 cm³/mol. The van der Waals surface area contributed by atoms with Crippen molar-refractivity contribution in [3.05, 3.63) is 84.1 Å². The zero-order valence-electron chi connectivity index (χ0n) is 15.8. The maximum absolute atomic E-state index is 13.2. The van der Waals surface area contributed by atoms with Crippen LogP contribution in [0.15, 0.2) is 72.9 Å². The number of carbonyl (C=O) groups excluding carboxylic acids is 2. The van der Waals surface area contributed by atoms with Gasteiger partial charge in [0.1, 0.15) is 24.3 Å². The van der Waals surface area contributed by atoms with Crippen molar-refractivity contribution < 1.29 is 14.3 Å². The van der Waals surface area contributed by atoms with Crippen LogP contribution in [-0.2, 0) is 4.79 Å². The number of hydrogen-bond acceptors (Lipinski definition) is 5. The van der Waals surface area contributed by atoms with Gasteiger partial charge < -0.3 is 20.3 Å². The van der Waals surface area contributed by atoms with E-state index in [-0.39, 0.29) is 18.4 Å². The molecule has 1 aliphatic rings. The largest absolute Gasteiger partial charge is 0.497 e. The van der Waals surface area contributed by atoms with Crippen LogP contribution in [0.2, 0.25) is 0 Å². The molecule has 0 saturated heterocycles. The number of nitrogens with zero attached hydrogens (tertiary/aromatic N) is 2. The van der Waals surface area contributed by atoms with Crippen LogP contribution in [0, 0.1) is 0 Å². The Morgan fingerprint density at radius 1 is 1.10 bits per heavy atom. The van der Waals surface area contributed by atoms with Crippen LogP contribution >= 0.6 is 0 Å². The van der Waals surface area contributed by atoms with E-state index in [0.29, 0.717) is 11.4 Å². The summed E-state index contributed by atoms with van der Waals surface area (Å²) in [6.07, 6.45) is 1.11. The standard InChI is InChI=1S/C22H20N4O3/c1-29-16-11-9-15(10-12-16)21-24-18-7-3-2-6-17(18)22(28)26(21)14-20(27)25-19-8-4-5-13-23-19/h2-13,21,24H,14H2,1H3,(H,23,25,27). The van der Waals surface area contributed by atoms with Crippen LogP contribution in [0.25, 0.3) is 0 Å². The number of methoxy groups -OCH3 is 1. The Bertz CT molecular complexity index is 1020. The number of nitrogens with one attached hydrogen (secondary N) is 2. The van der Waals surface area contributed by atoms with Crippen molar-refractivity contribution in [1.29, 1.82) is 0 Å². The first kappa shape index (κ1) is 18.5. The smallest absolute Gasteiger partial charge is 0.258 e. The molecule has 2 amide bonds. The van der Waals surface area contributed by atoms with Gasteiger partial charge in [0.25, 0.3) is 5.91 Å². The van der Waals surface area contributed by atoms with E-state index in [1.165, 1.54) is 4.90 Å². The number of benzene rings is 2. The van der Waals surface area contributed by atoms with Gasteiger partial charge in [-0.1, -0.05) is 30.3 Å². The van der Waals surface area contributed by atoms with Gasteiger partial charge in [0, 0.05) is 11.9 Å². The molecule has 7 heteroatoms. The van der Waals surface area contributed by atoms with E-state index in [0.717, 1.165) is 17.0 Å². The Balaban J connectivity index is 1.63. The van der Waals surface area contributed by atoms with Crippen LogP contribution < -0.4 is 15.4 Å². The summed E-state index contributed by atoms with van der Waals surface area (Å²) in [5, 5.41) is 6.10. The fraction of sp³-hybridized carbons (Fsp3) is 0.136. The number of pyridine rings is 1. The van der Waals surface area contributed by atoms with Gasteiger partial charge in [-0.25, -0.2) is 4.98 Å². The number of aromatic nitrogens is 1. The van der Waals surface area contributed by atoms with E-state index < -0.39 is 6.17 Å². The third-order valence-corrected chi connectivity index (χ3v) is 4.70. The third kappa shape index (κ3) is 3.89. The lowest BCUT2D eigenvalue weighted by Crippen LogP contribution is -2.46. The zero-order chi connectivity index (χ0) is 20.2. The highest BCUT2D eigenvalue weighted by molar-refractivity contribution is 6.04. The molecule has 0 bridgehead atoms. The van der Waals surface area contributed by atoms with Crippen molar-refractivity contribution in [3.8, 4) is 5.75 Å². The second kappa shape index (κ2) is 8.02. The highest BCUT2D eigenvalue weighted by atomic mass is 16.5. The Kier molecular flexibility index (Phi) is 5.11. The van der Waals surface area contributed by atoms with E-state index in [9.17, 15) is 9.59 Å². The molecule has 29 heavy (non-hydrogen) atoms. The molecule has 0 saturated carbocycles. The lowest BCUT2D eigenvalue weighted by molar-refractivity contribution is -0.117. The Morgan fingerprint density at radius 3 is 2.59 bits per heavy atom. The Labute approximate surface area is 168 Å². The molecule has 7 nitrogen and oxygen atoms in total. The third-order valence-electron chi connectivity index (χ3n) is 4.70. The molecule has 2 heterocycles. The number of carbonyl (C=O) groups is 2. The lowest BCUT2D eigenvalue weighted by atomic mass is 10.0. The summed E-state index contributed by atoms with van der Waals surface area (Å²) in [5.74, 6) is 0.625. The highest BCUT2D eigenvalue weighted by Gasteiger charge is 2.34. The molecule has 0 aliphatic carbocycles. The average molecular weight is 388 g/mol. The Morgan fingerprint density at radius 2 is 1.86 bits per heavy atom. The van der Waals surface area contributed by atoms with Crippen LogP contribution in [0.5, 0.6) is 5.75 Å². The summed E-state index contributed by atoms with van der Waals surface area (Å²) in [5.41, 5.74) is 2.11. The molecule has 146 valence electrons. The maximum Gasteiger partial charge on any atom is 0.258 e. The number of ether oxygens (including phenoxy) is 1. The van der Waals surface area contributed by atoms with Crippen LogP contribution in [-0.4, -0.2) is 35.4 Å². The molecular weight excluding hydrogens is 368 g/mol. The van der Waals surface area contributed by atoms with Gasteiger partial charge in [0.2, 0.25) is 5.91 Å². The molecule has 1 aliphatic heterocycles. The van der Waals surface area contributed by atoms with Crippen molar-refractivity contribution in [1.82, 2.24) is 9.88 Å². The summed E-state index contributed by atoms with van der Waals surface area (Å²) in [4.78, 5) is 31.4. The van der Waals surface area contributed by atoms with E-state index in [2.05, 4.69) is 15.6 Å². The molecule has 1 aromatic heterocycles. The van der Waals surface area contributed by atoms with Crippen molar-refractivity contribution in [2.24, 2.45) is 0 Å². The molecule has 0 spiro atoms. The first-order valence-electron chi connectivity index (χ1n) is 9.17. The van der Waals surface area contributed by atoms with Gasteiger partial charge in [0.05, 0.1) is 12.7 Å². The molecule has 1 unspecified atom stereocenters. The monoisotopic (exact) mass is 388 g/mol. The normalized spacial score (nSPS) is 15.3. The molecular formula is C22H20N4O3. The predicted octanol–water partition coefficient (Wildman–Crippen LogP) is 3.30. The quantitative estimate of drug-likeness (QED) is 0.701. The number of amides is 2. The van der Waals surface area contributed by atoms with Crippen molar-refractivity contribution in [2.45, 2.75) is 6.17 Å². The molecule has 3 aromatic rings. The topological polar surface area (TPSA) is 83.6 Å². The van der Waals surface area contributed by atoms with Gasteiger partial charge in [-0.05, 0) is 42.0 Å². The number of hydrogen-bond donors (Lipinski definition) is 2. The second-order valence-corrected chi connectivity index (χ2v) is 6.56. The lowest BCUT2D eigenvalue weighted by Gasteiger charge is -2.37. The number of anilines is 2. The van der Waals surface area contributed by atoms with E-state index >= 15 is 0 Å². The van der Waals surface area contributed by atoms with Gasteiger partial charge in [-0.15, -0.1) is 0 Å². The Hall–Kier alpha value is -3.87. The number of rotatable bonds is 5. The molecule has 2 N–H and O–H groups in total. The summed E-state index contributed by atoms with van der Waals surface area (Å²) < 4.78 is 5.22. The van der Waals surface area contributed by atoms with Gasteiger partial charge in [-0.3, -0.25) is 9.59 Å². The van der Waals surface area contributed by atoms with Crippen molar-refractivity contribution in [2.75, 3.05) is 24.3 Å². The van der Waals surface area contributed by atoms with Crippen molar-refractivity contribution in [3.63, 3.8) is 0 Å². The molecule has 0 radical (unpaired) electrons. The van der Waals surface area contributed by atoms with Gasteiger partial charge in [-0.2, -0.15) is 0 Å². The fourth-order valence-electron chi connectivity index (χ4n) is 3.28. The maximum atomic E-state index is 13.2. The zero-order valence-corrected chi connectivity index (χ0v) is 15.8. The fourth-order valence-corrected chi connectivity index (χ4v) is 3.28. The van der Waals surface area contributed by atoms with E-state index in [1.54, 1.807) is 43.6 Å². The second-order valence-electron chi connectivity index (χ2n) is 6.56. The highest BCUT2D eigenvalue weighted by Crippen LogP contribution is 2.33. The molecule has 1 atom stereocenters.